The van der Waals surface area contributed by atoms with E-state index >= 15 is 0 Å². The highest BCUT2D eigenvalue weighted by atomic mass is 32.1. The maximum absolute atomic E-state index is 13.7. The van der Waals surface area contributed by atoms with E-state index in [1.165, 1.54) is 28.6 Å². The summed E-state index contributed by atoms with van der Waals surface area (Å²) in [6.07, 6.45) is 6.87. The minimum Gasteiger partial charge on any atom is -0.494 e. The molecule has 3 atom stereocenters. The van der Waals surface area contributed by atoms with Crippen molar-refractivity contribution in [1.82, 2.24) is 19.0 Å². The molecule has 5 heterocycles. The third-order valence-corrected chi connectivity index (χ3v) is 10.9. The molecule has 4 fully saturated rings. The van der Waals surface area contributed by atoms with E-state index in [0.717, 1.165) is 80.5 Å². The lowest BCUT2D eigenvalue weighted by molar-refractivity contribution is 0.0700. The summed E-state index contributed by atoms with van der Waals surface area (Å²) in [5, 5.41) is 2.38. The van der Waals surface area contributed by atoms with Gasteiger partial charge in [0, 0.05) is 51.0 Å². The van der Waals surface area contributed by atoms with Crippen molar-refractivity contribution in [3.63, 3.8) is 0 Å². The molecule has 1 aromatic carbocycles. The predicted octanol–water partition coefficient (Wildman–Crippen LogP) is 5.13. The van der Waals surface area contributed by atoms with E-state index in [1.54, 1.807) is 7.11 Å². The van der Waals surface area contributed by atoms with Gasteiger partial charge in [0.2, 0.25) is 0 Å². The highest BCUT2D eigenvalue weighted by molar-refractivity contribution is 7.17. The molecular formula is C31H37N5O3S. The molecule has 1 amide bonds. The number of hydrogen-bond donors (Lipinski definition) is 1. The summed E-state index contributed by atoms with van der Waals surface area (Å²) < 4.78 is 17.6. The maximum Gasteiger partial charge on any atom is 0.254 e. The van der Waals surface area contributed by atoms with Crippen molar-refractivity contribution in [2.24, 2.45) is 24.6 Å². The number of methoxy groups -OCH3 is 1. The second-order valence-electron chi connectivity index (χ2n) is 12.4. The van der Waals surface area contributed by atoms with Gasteiger partial charge in [-0.1, -0.05) is 0 Å². The van der Waals surface area contributed by atoms with Gasteiger partial charge in [0.1, 0.15) is 11.3 Å². The second-order valence-corrected chi connectivity index (χ2v) is 13.3. The van der Waals surface area contributed by atoms with Crippen molar-refractivity contribution in [1.29, 1.82) is 0 Å². The molecule has 4 aromatic rings. The number of imidazole rings is 1. The predicted molar refractivity (Wildman–Crippen MR) is 157 cm³/mol. The Labute approximate surface area is 238 Å². The van der Waals surface area contributed by atoms with Crippen LogP contribution in [0, 0.1) is 11.8 Å². The third kappa shape index (κ3) is 3.77. The summed E-state index contributed by atoms with van der Waals surface area (Å²) in [6, 6.07) is 6.40. The first kappa shape index (κ1) is 24.9. The summed E-state index contributed by atoms with van der Waals surface area (Å²) >= 11 is 1.85. The van der Waals surface area contributed by atoms with Gasteiger partial charge >= 0.3 is 0 Å². The lowest BCUT2D eigenvalue weighted by Gasteiger charge is -2.27. The molecule has 8 nitrogen and oxygen atoms in total. The number of rotatable bonds is 6. The Bertz CT molecular complexity index is 1620. The SMILES string of the molecule is COc1cc(C(=O)N2C[C@H]3CC[C@@H]2[C@@H]3N)cc2nc(-c3cc4scc(C5CCOCC5)c4n3CC3CC3)n(C)c12. The van der Waals surface area contributed by atoms with E-state index in [-0.39, 0.29) is 18.0 Å². The number of nitrogens with two attached hydrogens (primary N) is 1. The highest BCUT2D eigenvalue weighted by Gasteiger charge is 2.47. The van der Waals surface area contributed by atoms with Crippen LogP contribution in [0.5, 0.6) is 5.75 Å². The molecule has 210 valence electrons. The average Bonchev–Trinajstić information content (AvgIpc) is 3.21. The fourth-order valence-corrected chi connectivity index (χ4v) is 8.67. The van der Waals surface area contributed by atoms with Crippen molar-refractivity contribution in [3.8, 4) is 17.3 Å². The van der Waals surface area contributed by atoms with Crippen LogP contribution >= 0.6 is 11.3 Å². The summed E-state index contributed by atoms with van der Waals surface area (Å²) in [4.78, 5) is 20.8. The topological polar surface area (TPSA) is 87.5 Å². The first-order chi connectivity index (χ1) is 19.5. The Morgan fingerprint density at radius 3 is 2.65 bits per heavy atom. The normalized spacial score (nSPS) is 25.1. The standard InChI is InChI=1S/C31H37N5O3S/c1-34-29-22(11-20(12-25(29)38-2)31(37)36-15-19-5-6-23(36)27(19)32)33-30(34)24-13-26-28(35(24)14-17-3-4-17)21(16-40-26)18-7-9-39-10-8-18/h11-13,16-19,23,27H,3-10,14-15,32H2,1-2H3/t19-,23-,27-/m1/s1. The third-order valence-electron chi connectivity index (χ3n) is 9.99. The summed E-state index contributed by atoms with van der Waals surface area (Å²) in [5.41, 5.74) is 12.8. The number of nitrogens with zero attached hydrogens (tertiary/aromatic N) is 4. The van der Waals surface area contributed by atoms with Crippen LogP contribution in [0.2, 0.25) is 0 Å². The molecule has 2 aliphatic heterocycles. The van der Waals surface area contributed by atoms with Gasteiger partial charge < -0.3 is 29.2 Å². The molecule has 3 aromatic heterocycles. The van der Waals surface area contributed by atoms with Gasteiger partial charge in [-0.3, -0.25) is 4.79 Å². The van der Waals surface area contributed by atoms with Crippen molar-refractivity contribution in [2.45, 2.75) is 63.1 Å². The number of amides is 1. The summed E-state index contributed by atoms with van der Waals surface area (Å²) in [7, 11) is 3.74. The van der Waals surface area contributed by atoms with Gasteiger partial charge in [-0.15, -0.1) is 11.3 Å². The summed E-state index contributed by atoms with van der Waals surface area (Å²) in [6.45, 7) is 3.45. The Morgan fingerprint density at radius 2 is 1.95 bits per heavy atom. The zero-order valence-electron chi connectivity index (χ0n) is 23.3. The number of fused-ring (bicyclic) bond motifs is 4. The van der Waals surface area contributed by atoms with Gasteiger partial charge in [-0.2, -0.15) is 0 Å². The first-order valence-electron chi connectivity index (χ1n) is 14.8. The number of aryl methyl sites for hydroxylation is 1. The lowest BCUT2D eigenvalue weighted by atomic mass is 9.93. The van der Waals surface area contributed by atoms with Crippen LogP contribution in [-0.2, 0) is 18.3 Å². The zero-order valence-corrected chi connectivity index (χ0v) is 24.1. The number of carbonyl (C=O) groups excluding carboxylic acids is 1. The number of hydrogen-bond acceptors (Lipinski definition) is 6. The molecule has 8 rings (SSSR count). The van der Waals surface area contributed by atoms with Crippen LogP contribution in [0.3, 0.4) is 0 Å². The molecule has 2 bridgehead atoms. The van der Waals surface area contributed by atoms with Gasteiger partial charge in [0.05, 0.1) is 28.5 Å². The Hall–Kier alpha value is -2.88. The van der Waals surface area contributed by atoms with Gasteiger partial charge in [-0.05, 0) is 85.4 Å². The zero-order chi connectivity index (χ0) is 27.1. The minimum atomic E-state index is 0.0359. The molecule has 0 spiro atoms. The fourth-order valence-electron chi connectivity index (χ4n) is 7.59. The number of carbonyl (C=O) groups is 1. The molecule has 4 aliphatic rings. The monoisotopic (exact) mass is 559 g/mol. The Morgan fingerprint density at radius 1 is 1.12 bits per heavy atom. The fraction of sp³-hybridized carbons (Fsp3) is 0.548. The largest absolute Gasteiger partial charge is 0.494 e. The second kappa shape index (κ2) is 9.33. The number of piperidine rings is 1. The van der Waals surface area contributed by atoms with Crippen LogP contribution in [0.25, 0.3) is 32.8 Å². The van der Waals surface area contributed by atoms with Crippen LogP contribution in [0.4, 0.5) is 0 Å². The quantitative estimate of drug-likeness (QED) is 0.354. The van der Waals surface area contributed by atoms with E-state index in [9.17, 15) is 4.79 Å². The van der Waals surface area contributed by atoms with E-state index in [4.69, 9.17) is 20.2 Å². The number of ether oxygens (including phenoxy) is 2. The van der Waals surface area contributed by atoms with Gasteiger partial charge in [0.15, 0.2) is 5.82 Å². The molecule has 2 saturated carbocycles. The highest BCUT2D eigenvalue weighted by Crippen LogP contribution is 2.44. The molecule has 0 radical (unpaired) electrons. The van der Waals surface area contributed by atoms with Crippen LogP contribution < -0.4 is 10.5 Å². The molecular weight excluding hydrogens is 522 g/mol. The number of likely N-dealkylation sites (tertiary alicyclic amines) is 1. The van der Waals surface area contributed by atoms with Crippen molar-refractivity contribution < 1.29 is 14.3 Å². The van der Waals surface area contributed by atoms with E-state index in [2.05, 4.69) is 27.6 Å². The number of thiophene rings is 1. The smallest absolute Gasteiger partial charge is 0.254 e. The Kier molecular flexibility index (Phi) is 5.80. The first-order valence-corrected chi connectivity index (χ1v) is 15.7. The average molecular weight is 560 g/mol. The van der Waals surface area contributed by atoms with E-state index < -0.39 is 0 Å². The molecule has 40 heavy (non-hydrogen) atoms. The van der Waals surface area contributed by atoms with Gasteiger partial charge in [-0.25, -0.2) is 4.98 Å². The van der Waals surface area contributed by atoms with Crippen LogP contribution in [0.15, 0.2) is 23.6 Å². The van der Waals surface area contributed by atoms with Crippen LogP contribution in [0.1, 0.15) is 60.4 Å². The Balaban J connectivity index is 1.23. The van der Waals surface area contributed by atoms with E-state index in [0.29, 0.717) is 23.1 Å². The van der Waals surface area contributed by atoms with Gasteiger partial charge in [0.25, 0.3) is 5.91 Å². The van der Waals surface area contributed by atoms with E-state index in [1.807, 2.05) is 28.4 Å². The molecule has 9 heteroatoms. The molecule has 2 saturated heterocycles. The number of benzene rings is 1. The minimum absolute atomic E-state index is 0.0359. The molecule has 2 N–H and O–H groups in total. The maximum atomic E-state index is 13.7. The van der Waals surface area contributed by atoms with Crippen LogP contribution in [-0.4, -0.2) is 63.9 Å². The lowest BCUT2D eigenvalue weighted by Crippen LogP contribution is -2.41. The van der Waals surface area contributed by atoms with Crippen molar-refractivity contribution in [2.75, 3.05) is 26.9 Å². The molecule has 0 unspecified atom stereocenters. The molecule has 2 aliphatic carbocycles. The van der Waals surface area contributed by atoms with Crippen molar-refractivity contribution >= 4 is 38.5 Å². The number of aromatic nitrogens is 3. The van der Waals surface area contributed by atoms with Crippen molar-refractivity contribution in [3.05, 3.63) is 34.7 Å². The summed E-state index contributed by atoms with van der Waals surface area (Å²) in [5.74, 6) is 3.33.